The molecule has 0 spiro atoms. The Labute approximate surface area is 127 Å². The van der Waals surface area contributed by atoms with Gasteiger partial charge in [0.2, 0.25) is 12.3 Å². The van der Waals surface area contributed by atoms with Crippen molar-refractivity contribution in [2.24, 2.45) is 0 Å². The molecule has 0 aliphatic heterocycles. The van der Waals surface area contributed by atoms with Crippen LogP contribution in [0.3, 0.4) is 0 Å². The van der Waals surface area contributed by atoms with Crippen molar-refractivity contribution < 1.29 is 19.5 Å². The largest absolute Gasteiger partial charge is 0.480 e. The summed E-state index contributed by atoms with van der Waals surface area (Å²) in [5.41, 5.74) is 0.758. The maximum Gasteiger partial charge on any atom is 0.326 e. The van der Waals surface area contributed by atoms with Gasteiger partial charge in [-0.1, -0.05) is 18.2 Å². The van der Waals surface area contributed by atoms with Gasteiger partial charge in [-0.2, -0.15) is 11.8 Å². The molecular formula is C14H18N2O4S. The van der Waals surface area contributed by atoms with E-state index in [0.717, 1.165) is 5.69 Å². The van der Waals surface area contributed by atoms with E-state index in [1.165, 1.54) is 11.8 Å². The van der Waals surface area contributed by atoms with Gasteiger partial charge in [-0.05, 0) is 24.3 Å². The summed E-state index contributed by atoms with van der Waals surface area (Å²) in [6.45, 7) is 0. The summed E-state index contributed by atoms with van der Waals surface area (Å²) in [5, 5.41) is 13.8. The molecule has 1 aromatic carbocycles. The molecule has 0 saturated heterocycles. The zero-order valence-corrected chi connectivity index (χ0v) is 12.3. The first-order valence-corrected chi connectivity index (χ1v) is 7.64. The average molecular weight is 310 g/mol. The van der Waals surface area contributed by atoms with Gasteiger partial charge >= 0.3 is 5.97 Å². The molecule has 7 heteroatoms. The van der Waals surface area contributed by atoms with Crippen LogP contribution in [0.4, 0.5) is 5.69 Å². The quantitative estimate of drug-likeness (QED) is 0.448. The molecule has 114 valence electrons. The lowest BCUT2D eigenvalue weighted by atomic mass is 10.2. The maximum atomic E-state index is 11.6. The number of anilines is 1. The predicted octanol–water partition coefficient (Wildman–Crippen LogP) is 1.34. The highest BCUT2D eigenvalue weighted by Gasteiger charge is 2.15. The van der Waals surface area contributed by atoms with E-state index in [9.17, 15) is 14.4 Å². The van der Waals surface area contributed by atoms with Crippen LogP contribution in [0.15, 0.2) is 30.3 Å². The summed E-state index contributed by atoms with van der Waals surface area (Å²) in [4.78, 5) is 32.7. The summed E-state index contributed by atoms with van der Waals surface area (Å²) in [6.07, 6.45) is 1.08. The number of nitrogens with one attached hydrogen (secondary N) is 2. The lowest BCUT2D eigenvalue weighted by Gasteiger charge is -2.10. The molecule has 0 radical (unpaired) electrons. The van der Waals surface area contributed by atoms with Crippen LogP contribution in [0.2, 0.25) is 0 Å². The summed E-state index contributed by atoms with van der Waals surface area (Å²) in [6, 6.07) is 8.32. The Hall–Kier alpha value is -2.02. The van der Waals surface area contributed by atoms with Crippen molar-refractivity contribution in [3.8, 4) is 0 Å². The first-order chi connectivity index (χ1) is 10.1. The van der Waals surface area contributed by atoms with E-state index < -0.39 is 12.0 Å². The SMILES string of the molecule is O=CNC(CCSCCC(=O)Nc1ccccc1)C(=O)O. The van der Waals surface area contributed by atoms with Gasteiger partial charge in [-0.3, -0.25) is 9.59 Å². The van der Waals surface area contributed by atoms with Crippen molar-refractivity contribution in [2.45, 2.75) is 18.9 Å². The van der Waals surface area contributed by atoms with Gasteiger partial charge < -0.3 is 15.7 Å². The molecule has 1 rings (SSSR count). The minimum Gasteiger partial charge on any atom is -0.480 e. The number of aliphatic carboxylic acids is 1. The minimum atomic E-state index is -1.05. The van der Waals surface area contributed by atoms with Gasteiger partial charge in [-0.15, -0.1) is 0 Å². The number of rotatable bonds is 10. The van der Waals surface area contributed by atoms with Crippen molar-refractivity contribution in [2.75, 3.05) is 16.8 Å². The molecule has 0 bridgehead atoms. The number of para-hydroxylation sites is 1. The Kier molecular flexibility index (Phi) is 7.96. The topological polar surface area (TPSA) is 95.5 Å². The highest BCUT2D eigenvalue weighted by Crippen LogP contribution is 2.09. The Morgan fingerprint density at radius 2 is 1.95 bits per heavy atom. The van der Waals surface area contributed by atoms with Crippen LogP contribution in [-0.2, 0) is 14.4 Å². The zero-order valence-electron chi connectivity index (χ0n) is 11.5. The molecule has 0 saturated carbocycles. The van der Waals surface area contributed by atoms with Crippen LogP contribution in [0.5, 0.6) is 0 Å². The molecule has 6 nitrogen and oxygen atoms in total. The molecule has 1 atom stereocenters. The molecule has 21 heavy (non-hydrogen) atoms. The third-order valence-corrected chi connectivity index (χ3v) is 3.67. The first kappa shape index (κ1) is 17.0. The molecule has 0 aliphatic rings. The van der Waals surface area contributed by atoms with Gasteiger partial charge in [0.25, 0.3) is 0 Å². The first-order valence-electron chi connectivity index (χ1n) is 6.48. The average Bonchev–Trinajstić information content (AvgIpc) is 2.46. The molecule has 0 heterocycles. The Morgan fingerprint density at radius 3 is 2.57 bits per heavy atom. The number of thioether (sulfide) groups is 1. The maximum absolute atomic E-state index is 11.6. The Balaban J connectivity index is 2.14. The number of hydrogen-bond donors (Lipinski definition) is 3. The second-order valence-corrected chi connectivity index (χ2v) is 5.47. The third kappa shape index (κ3) is 7.36. The van der Waals surface area contributed by atoms with Gasteiger partial charge in [0.15, 0.2) is 0 Å². The molecule has 3 N–H and O–H groups in total. The van der Waals surface area contributed by atoms with Crippen LogP contribution in [0.1, 0.15) is 12.8 Å². The highest BCUT2D eigenvalue weighted by atomic mass is 32.2. The van der Waals surface area contributed by atoms with E-state index in [-0.39, 0.29) is 5.91 Å². The fourth-order valence-electron chi connectivity index (χ4n) is 1.57. The second kappa shape index (κ2) is 9.82. The van der Waals surface area contributed by atoms with E-state index in [4.69, 9.17) is 5.11 Å². The van der Waals surface area contributed by atoms with Crippen molar-refractivity contribution in [3.05, 3.63) is 30.3 Å². The van der Waals surface area contributed by atoms with E-state index >= 15 is 0 Å². The van der Waals surface area contributed by atoms with Crippen molar-refractivity contribution in [1.29, 1.82) is 0 Å². The van der Waals surface area contributed by atoms with Crippen LogP contribution < -0.4 is 10.6 Å². The van der Waals surface area contributed by atoms with Gasteiger partial charge in [0.1, 0.15) is 6.04 Å². The number of benzene rings is 1. The van der Waals surface area contributed by atoms with Crippen LogP contribution in [0.25, 0.3) is 0 Å². The standard InChI is InChI=1S/C14H18N2O4S/c17-10-15-12(14(19)20)6-8-21-9-7-13(18)16-11-4-2-1-3-5-11/h1-5,10,12H,6-9H2,(H,15,17)(H,16,18)(H,19,20). The normalized spacial score (nSPS) is 11.4. The van der Waals surface area contributed by atoms with Crippen LogP contribution >= 0.6 is 11.8 Å². The number of hydrogen-bond acceptors (Lipinski definition) is 4. The van der Waals surface area contributed by atoms with Crippen molar-refractivity contribution >= 4 is 35.7 Å². The molecule has 0 aromatic heterocycles. The number of carbonyl (C=O) groups is 3. The summed E-state index contributed by atoms with van der Waals surface area (Å²) in [7, 11) is 0. The van der Waals surface area contributed by atoms with Crippen molar-refractivity contribution in [1.82, 2.24) is 5.32 Å². The molecular weight excluding hydrogens is 292 g/mol. The number of carboxylic acids is 1. The van der Waals surface area contributed by atoms with E-state index in [0.29, 0.717) is 30.8 Å². The second-order valence-electron chi connectivity index (χ2n) is 4.24. The fraction of sp³-hybridized carbons (Fsp3) is 0.357. The van der Waals surface area contributed by atoms with E-state index in [2.05, 4.69) is 10.6 Å². The molecule has 2 amide bonds. The summed E-state index contributed by atoms with van der Waals surface area (Å²) >= 11 is 1.48. The smallest absolute Gasteiger partial charge is 0.326 e. The summed E-state index contributed by atoms with van der Waals surface area (Å²) in [5.74, 6) is 0.0433. The van der Waals surface area contributed by atoms with Gasteiger partial charge in [0.05, 0.1) is 0 Å². The van der Waals surface area contributed by atoms with E-state index in [1.807, 2.05) is 30.3 Å². The number of carbonyl (C=O) groups excluding carboxylic acids is 2. The van der Waals surface area contributed by atoms with Gasteiger partial charge in [0, 0.05) is 17.9 Å². The fourth-order valence-corrected chi connectivity index (χ4v) is 2.51. The highest BCUT2D eigenvalue weighted by molar-refractivity contribution is 7.99. The third-order valence-electron chi connectivity index (χ3n) is 2.65. The van der Waals surface area contributed by atoms with Crippen molar-refractivity contribution in [3.63, 3.8) is 0 Å². The predicted molar refractivity (Wildman–Crippen MR) is 82.3 cm³/mol. The number of amides is 2. The Bertz CT molecular complexity index is 467. The monoisotopic (exact) mass is 310 g/mol. The molecule has 0 fully saturated rings. The van der Waals surface area contributed by atoms with E-state index in [1.54, 1.807) is 0 Å². The lowest BCUT2D eigenvalue weighted by molar-refractivity contribution is -0.140. The van der Waals surface area contributed by atoms with Crippen LogP contribution in [0, 0.1) is 0 Å². The summed E-state index contributed by atoms with van der Waals surface area (Å²) < 4.78 is 0. The lowest BCUT2D eigenvalue weighted by Crippen LogP contribution is -2.36. The Morgan fingerprint density at radius 1 is 1.24 bits per heavy atom. The number of carboxylic acid groups (broad SMARTS) is 1. The van der Waals surface area contributed by atoms with Crippen LogP contribution in [-0.4, -0.2) is 40.9 Å². The minimum absolute atomic E-state index is 0.0745. The molecule has 1 unspecified atom stereocenters. The van der Waals surface area contributed by atoms with Gasteiger partial charge in [-0.25, -0.2) is 4.79 Å². The zero-order chi connectivity index (χ0) is 15.5. The molecule has 1 aromatic rings. The molecule has 0 aliphatic carbocycles.